The van der Waals surface area contributed by atoms with E-state index in [4.69, 9.17) is 6.58 Å². The first-order valence-corrected chi connectivity index (χ1v) is 3.64. The van der Waals surface area contributed by atoms with E-state index in [1.54, 1.807) is 19.1 Å². The van der Waals surface area contributed by atoms with Crippen molar-refractivity contribution in [1.29, 1.82) is 0 Å². The minimum atomic E-state index is -0.552. The van der Waals surface area contributed by atoms with Gasteiger partial charge in [-0.3, -0.25) is 16.7 Å². The van der Waals surface area contributed by atoms with Gasteiger partial charge in [-0.2, -0.15) is 6.08 Å². The first-order chi connectivity index (χ1) is 5.13. The number of halogens is 1. The van der Waals surface area contributed by atoms with Crippen LogP contribution in [0.2, 0.25) is 0 Å². The standard InChI is InChI=1S/C7H7BrNO2.CH3.Lr/c1-3-5-6(8)7(4-2)9(10)11;;/h2-5H,1H3;1H3;/q2*-1;/b5-3-,7-6-;;. The molecule has 0 aromatic rings. The molecule has 0 bridgehead atoms. The molecule has 0 fully saturated rings. The normalized spacial score (nSPS) is 10.9. The maximum atomic E-state index is 10.2. The quantitative estimate of drug-likeness (QED) is 0.262. The zero-order valence-electron chi connectivity index (χ0n) is 7.21. The van der Waals surface area contributed by atoms with Gasteiger partial charge in [-0.05, 0) is 11.8 Å². The fraction of sp³-hybridized carbons (Fsp3) is 0.125. The molecule has 13 heavy (non-hydrogen) atoms. The second-order valence-electron chi connectivity index (χ2n) is 1.66. The molecule has 0 rings (SSSR count). The van der Waals surface area contributed by atoms with Crippen molar-refractivity contribution in [1.82, 2.24) is 0 Å². The Morgan fingerprint density at radius 2 is 2.08 bits per heavy atom. The summed E-state index contributed by atoms with van der Waals surface area (Å²) in [6, 6.07) is 0. The summed E-state index contributed by atoms with van der Waals surface area (Å²) in [4.78, 5) is 9.67. The summed E-state index contributed by atoms with van der Waals surface area (Å²) in [6.45, 7) is 6.78. The van der Waals surface area contributed by atoms with E-state index in [0.29, 0.717) is 4.48 Å². The molecule has 0 aliphatic rings. The predicted molar refractivity (Wildman–Crippen MR) is 53.0 cm³/mol. The van der Waals surface area contributed by atoms with E-state index in [0.717, 1.165) is 6.08 Å². The Kier molecular flexibility index (Phi) is 10.9. The van der Waals surface area contributed by atoms with Crippen molar-refractivity contribution in [3.8, 4) is 0 Å². The largest absolute Gasteiger partial charge is 0.358 e. The third-order valence-electron chi connectivity index (χ3n) is 0.912. The van der Waals surface area contributed by atoms with Crippen LogP contribution in [-0.2, 0) is 0 Å². The molecule has 0 atom stereocenters. The summed E-state index contributed by atoms with van der Waals surface area (Å²) >= 11 is 3.01. The van der Waals surface area contributed by atoms with E-state index in [9.17, 15) is 10.1 Å². The van der Waals surface area contributed by atoms with Crippen LogP contribution in [-0.4, -0.2) is 4.92 Å². The van der Waals surface area contributed by atoms with Gasteiger partial charge in [-0.15, -0.1) is 0 Å². The fourth-order valence-electron chi connectivity index (χ4n) is 0.459. The Hall–Kier alpha value is -1.90. The van der Waals surface area contributed by atoms with Gasteiger partial charge in [0, 0.05) is 4.48 Å². The van der Waals surface area contributed by atoms with Crippen LogP contribution in [0.4, 0.5) is 0 Å². The minimum absolute atomic E-state index is 0. The number of hydrogen-bond donors (Lipinski definition) is 0. The second kappa shape index (κ2) is 8.20. The summed E-state index contributed by atoms with van der Waals surface area (Å²) < 4.78 is 0.368. The zero-order valence-corrected chi connectivity index (χ0v) is 10.9. The Morgan fingerprint density at radius 1 is 1.62 bits per heavy atom. The molecule has 0 N–H and O–H groups in total. The number of hydrogen-bond acceptors (Lipinski definition) is 2. The third kappa shape index (κ3) is 5.38. The fourth-order valence-corrected chi connectivity index (χ4v) is 1.00. The first kappa shape index (κ1) is 17.3. The molecule has 83 valence electrons. The molecule has 0 aromatic heterocycles. The monoisotopic (exact) mass is 493 g/mol. The summed E-state index contributed by atoms with van der Waals surface area (Å²) in [5.41, 5.74) is -0.136. The van der Waals surface area contributed by atoms with E-state index in [1.165, 1.54) is 0 Å². The van der Waals surface area contributed by atoms with Gasteiger partial charge >= 0.3 is 0 Å². The van der Waals surface area contributed by atoms with E-state index < -0.39 is 4.92 Å². The summed E-state index contributed by atoms with van der Waals surface area (Å²) in [7, 11) is 0. The topological polar surface area (TPSA) is 43.1 Å². The predicted octanol–water partition coefficient (Wildman–Crippen LogP) is 2.89. The van der Waals surface area contributed by atoms with Crippen molar-refractivity contribution >= 4 is 15.9 Å². The Labute approximate surface area is 80.8 Å². The van der Waals surface area contributed by atoms with E-state index in [-0.39, 0.29) is 13.1 Å². The number of nitrogens with zero attached hydrogens (tertiary/aromatic N) is 1. The number of nitro groups is 1. The second-order valence-corrected chi connectivity index (χ2v) is 2.51. The molecule has 0 amide bonds. The van der Waals surface area contributed by atoms with Crippen LogP contribution >= 0.6 is 15.9 Å². The van der Waals surface area contributed by atoms with Gasteiger partial charge in [-0.1, -0.05) is 28.1 Å². The maximum absolute atomic E-state index is 10.2. The Morgan fingerprint density at radius 3 is 2.31 bits per heavy atom. The van der Waals surface area contributed by atoms with Gasteiger partial charge in [0.05, 0.1) is 0 Å². The maximum Gasteiger partial charge on any atom is 0.138 e. The first-order valence-electron chi connectivity index (χ1n) is 2.85. The van der Waals surface area contributed by atoms with Crippen molar-refractivity contribution in [2.45, 2.75) is 6.92 Å². The number of allylic oxidation sites excluding steroid dienone is 4. The van der Waals surface area contributed by atoms with Crippen LogP contribution in [0, 0.1) is 24.1 Å². The van der Waals surface area contributed by atoms with Gasteiger partial charge in [-0.25, -0.2) is 0 Å². The zero-order chi connectivity index (χ0) is 8.85. The summed E-state index contributed by atoms with van der Waals surface area (Å²) in [5, 5.41) is 10.2. The molecule has 0 aromatic carbocycles. The van der Waals surface area contributed by atoms with Gasteiger partial charge < -0.3 is 7.43 Å². The van der Waals surface area contributed by atoms with Crippen LogP contribution in [0.1, 0.15) is 6.92 Å². The van der Waals surface area contributed by atoms with Crippen LogP contribution in [0.5, 0.6) is 0 Å². The Bertz CT molecular complexity index is 236. The van der Waals surface area contributed by atoms with Crippen molar-refractivity contribution in [3.05, 3.63) is 52.5 Å². The molecule has 0 aliphatic heterocycles. The minimum Gasteiger partial charge on any atom is -0.358 e. The molecule has 0 unspecified atom stereocenters. The molecule has 0 heterocycles. The van der Waals surface area contributed by atoms with Gasteiger partial charge in [0.25, 0.3) is 0 Å². The van der Waals surface area contributed by atoms with E-state index in [2.05, 4.69) is 15.9 Å². The van der Waals surface area contributed by atoms with Crippen molar-refractivity contribution in [2.75, 3.05) is 0 Å². The molecule has 0 saturated carbocycles. The van der Waals surface area contributed by atoms with Crippen molar-refractivity contribution in [3.63, 3.8) is 0 Å². The molecule has 5 heteroatoms. The average Bonchev–Trinajstić information content (AvgIpc) is 1.88. The summed E-state index contributed by atoms with van der Waals surface area (Å²) in [6.07, 6.45) is 4.18. The van der Waals surface area contributed by atoms with Crippen molar-refractivity contribution in [2.24, 2.45) is 0 Å². The molecule has 0 spiro atoms. The van der Waals surface area contributed by atoms with Gasteiger partial charge in [0.2, 0.25) is 0 Å². The van der Waals surface area contributed by atoms with E-state index in [1.807, 2.05) is 0 Å². The van der Waals surface area contributed by atoms with Crippen LogP contribution < -0.4 is 0 Å². The van der Waals surface area contributed by atoms with Crippen LogP contribution in [0.3, 0.4) is 0 Å². The van der Waals surface area contributed by atoms with Gasteiger partial charge in [0.15, 0.2) is 0 Å². The molecular weight excluding hydrogens is 484 g/mol. The SMILES string of the molecule is [CH-]=C/C(=C(Br)\C=C/C)[N+](=O)[O-].[CH3-].[Lr]. The number of rotatable bonds is 3. The van der Waals surface area contributed by atoms with Crippen LogP contribution in [0.25, 0.3) is 0 Å². The molecule has 0 saturated heterocycles. The molecular formula is C8H10BrLrNO2-2. The molecule has 0 aliphatic carbocycles. The smallest absolute Gasteiger partial charge is 0.138 e. The molecule has 3 nitrogen and oxygen atoms in total. The summed E-state index contributed by atoms with van der Waals surface area (Å²) in [5.74, 6) is 0. The average molecular weight is 494 g/mol. The molecule has 1 radical (unpaired) electrons. The third-order valence-corrected chi connectivity index (χ3v) is 1.58. The Balaban J connectivity index is -0.000000500. The van der Waals surface area contributed by atoms with E-state index >= 15 is 0 Å². The van der Waals surface area contributed by atoms with Gasteiger partial charge in [0.1, 0.15) is 5.70 Å². The van der Waals surface area contributed by atoms with Crippen LogP contribution in [0.15, 0.2) is 28.4 Å². The van der Waals surface area contributed by atoms with Crippen molar-refractivity contribution < 1.29 is 4.92 Å².